The lowest BCUT2D eigenvalue weighted by Gasteiger charge is -2.31. The van der Waals surface area contributed by atoms with Gasteiger partial charge in [-0.3, -0.25) is 14.5 Å². The van der Waals surface area contributed by atoms with E-state index in [-0.39, 0.29) is 23.8 Å². The zero-order chi connectivity index (χ0) is 27.6. The van der Waals surface area contributed by atoms with E-state index in [1.165, 1.54) is 11.1 Å². The minimum Gasteiger partial charge on any atom is -0.497 e. The van der Waals surface area contributed by atoms with Gasteiger partial charge in [0, 0.05) is 50.6 Å². The van der Waals surface area contributed by atoms with Crippen LogP contribution in [0.4, 0.5) is 0 Å². The van der Waals surface area contributed by atoms with E-state index in [0.717, 1.165) is 42.4 Å². The van der Waals surface area contributed by atoms with Crippen LogP contribution in [0.15, 0.2) is 78.9 Å². The molecule has 0 aromatic heterocycles. The van der Waals surface area contributed by atoms with Gasteiger partial charge in [0.2, 0.25) is 11.8 Å². The highest BCUT2D eigenvalue weighted by atomic mass is 35.5. The average Bonchev–Trinajstić information content (AvgIpc) is 3.20. The number of methoxy groups -OCH3 is 1. The number of rotatable bonds is 10. The maximum atomic E-state index is 13.2. The number of nitrogens with one attached hydrogen (secondary N) is 1. The maximum absolute atomic E-state index is 13.2. The topological polar surface area (TPSA) is 61.9 Å². The molecule has 1 aliphatic rings. The Morgan fingerprint density at radius 3 is 2.26 bits per heavy atom. The number of carbonyl (C=O) groups is 2. The predicted octanol–water partition coefficient (Wildman–Crippen LogP) is 5.71. The Morgan fingerprint density at radius 1 is 0.872 bits per heavy atom. The van der Waals surface area contributed by atoms with Crippen LogP contribution in [0.5, 0.6) is 5.75 Å². The summed E-state index contributed by atoms with van der Waals surface area (Å²) >= 11 is 6.17. The molecule has 7 heteroatoms. The Morgan fingerprint density at radius 2 is 1.56 bits per heavy atom. The lowest BCUT2D eigenvalue weighted by Crippen LogP contribution is -2.37. The van der Waals surface area contributed by atoms with Gasteiger partial charge in [-0.15, -0.1) is 0 Å². The van der Waals surface area contributed by atoms with E-state index >= 15 is 0 Å². The van der Waals surface area contributed by atoms with Crippen molar-refractivity contribution in [3.8, 4) is 5.75 Å². The Hall–Kier alpha value is -3.35. The molecule has 2 amide bonds. The van der Waals surface area contributed by atoms with Crippen LogP contribution in [0.1, 0.15) is 48.9 Å². The zero-order valence-corrected chi connectivity index (χ0v) is 23.6. The van der Waals surface area contributed by atoms with E-state index in [9.17, 15) is 9.59 Å². The quantitative estimate of drug-likeness (QED) is 0.353. The lowest BCUT2D eigenvalue weighted by molar-refractivity contribution is -0.132. The van der Waals surface area contributed by atoms with E-state index in [1.54, 1.807) is 7.11 Å². The molecule has 4 rings (SSSR count). The average molecular weight is 548 g/mol. The number of carbonyl (C=O) groups excluding carboxylic acids is 2. The number of nitrogens with zero attached hydrogens (tertiary/aromatic N) is 2. The molecule has 1 saturated heterocycles. The molecule has 1 aliphatic heterocycles. The Labute approximate surface area is 236 Å². The fourth-order valence-corrected chi connectivity index (χ4v) is 5.30. The molecule has 6 nitrogen and oxygen atoms in total. The molecule has 2 atom stereocenters. The van der Waals surface area contributed by atoms with Crippen LogP contribution in [-0.2, 0) is 16.1 Å². The number of amides is 2. The Kier molecular flexibility index (Phi) is 10.4. The van der Waals surface area contributed by atoms with Crippen LogP contribution < -0.4 is 10.1 Å². The fraction of sp³-hybridized carbons (Fsp3) is 0.375. The summed E-state index contributed by atoms with van der Waals surface area (Å²) in [7, 11) is 1.63. The molecule has 3 aromatic rings. The molecule has 0 radical (unpaired) electrons. The zero-order valence-electron chi connectivity index (χ0n) is 22.8. The van der Waals surface area contributed by atoms with E-state index < -0.39 is 0 Å². The van der Waals surface area contributed by atoms with Gasteiger partial charge in [0.25, 0.3) is 0 Å². The van der Waals surface area contributed by atoms with E-state index in [2.05, 4.69) is 46.6 Å². The number of hydrogen-bond acceptors (Lipinski definition) is 4. The second-order valence-electron chi connectivity index (χ2n) is 10.3. The molecule has 0 saturated carbocycles. The van der Waals surface area contributed by atoms with Gasteiger partial charge in [0.05, 0.1) is 13.2 Å². The van der Waals surface area contributed by atoms with Crippen molar-refractivity contribution in [1.29, 1.82) is 0 Å². The van der Waals surface area contributed by atoms with Crippen molar-refractivity contribution in [2.75, 3.05) is 33.3 Å². The molecule has 39 heavy (non-hydrogen) atoms. The van der Waals surface area contributed by atoms with Crippen LogP contribution in [0.25, 0.3) is 0 Å². The van der Waals surface area contributed by atoms with Crippen LogP contribution >= 0.6 is 11.6 Å². The van der Waals surface area contributed by atoms with E-state index in [4.69, 9.17) is 16.3 Å². The summed E-state index contributed by atoms with van der Waals surface area (Å²) in [5.41, 5.74) is 3.43. The molecule has 0 spiro atoms. The summed E-state index contributed by atoms with van der Waals surface area (Å²) in [4.78, 5) is 30.1. The summed E-state index contributed by atoms with van der Waals surface area (Å²) < 4.78 is 5.17. The SMILES string of the molecule is COc1ccc(CNC(=O)CC(C)CC(=O)N2CCCN(C(c3ccccc3)c3ccc(Cl)cc3)CC2)cc1. The minimum absolute atomic E-state index is 0.0288. The first-order chi connectivity index (χ1) is 18.9. The molecular weight excluding hydrogens is 510 g/mol. The molecule has 1 heterocycles. The third kappa shape index (κ3) is 8.32. The van der Waals surface area contributed by atoms with Gasteiger partial charge in [-0.05, 0) is 53.3 Å². The smallest absolute Gasteiger partial charge is 0.222 e. The van der Waals surface area contributed by atoms with Gasteiger partial charge in [-0.1, -0.05) is 73.1 Å². The number of halogens is 1. The molecule has 206 valence electrons. The number of benzene rings is 3. The summed E-state index contributed by atoms with van der Waals surface area (Å²) in [6, 6.07) is 26.3. The Bertz CT molecular complexity index is 1200. The first-order valence-corrected chi connectivity index (χ1v) is 14.0. The molecule has 3 aromatic carbocycles. The van der Waals surface area contributed by atoms with Crippen LogP contribution in [0, 0.1) is 5.92 Å². The van der Waals surface area contributed by atoms with Gasteiger partial charge in [0.15, 0.2) is 0 Å². The highest BCUT2D eigenvalue weighted by molar-refractivity contribution is 6.30. The summed E-state index contributed by atoms with van der Waals surface area (Å²) in [6.07, 6.45) is 1.60. The molecule has 0 bridgehead atoms. The molecule has 2 unspecified atom stereocenters. The normalized spacial score (nSPS) is 15.7. The molecule has 0 aliphatic carbocycles. The second kappa shape index (κ2) is 14.2. The van der Waals surface area contributed by atoms with Crippen molar-refractivity contribution in [2.24, 2.45) is 5.92 Å². The van der Waals surface area contributed by atoms with Gasteiger partial charge >= 0.3 is 0 Å². The van der Waals surface area contributed by atoms with Crippen LogP contribution in [0.3, 0.4) is 0 Å². The fourth-order valence-electron chi connectivity index (χ4n) is 5.17. The predicted molar refractivity (Wildman–Crippen MR) is 156 cm³/mol. The van der Waals surface area contributed by atoms with Gasteiger partial charge in [0.1, 0.15) is 5.75 Å². The standard InChI is InChI=1S/C32H38ClN3O3/c1-24(21-30(37)34-23-25-9-15-29(39-2)16-10-25)22-31(38)35-17-6-18-36(20-19-35)32(26-7-4-3-5-8-26)27-11-13-28(33)14-12-27/h3-5,7-16,24,32H,6,17-23H2,1-2H3,(H,34,37). The van der Waals surface area contributed by atoms with E-state index in [0.29, 0.717) is 25.9 Å². The highest BCUT2D eigenvalue weighted by Crippen LogP contribution is 2.30. The van der Waals surface area contributed by atoms with Crippen molar-refractivity contribution in [3.05, 3.63) is 101 Å². The minimum atomic E-state index is -0.0400. The number of ether oxygens (including phenoxy) is 1. The molecule has 1 fully saturated rings. The van der Waals surface area contributed by atoms with Crippen molar-refractivity contribution < 1.29 is 14.3 Å². The van der Waals surface area contributed by atoms with Crippen molar-refractivity contribution >= 4 is 23.4 Å². The van der Waals surface area contributed by atoms with Crippen molar-refractivity contribution in [2.45, 2.75) is 38.8 Å². The largest absolute Gasteiger partial charge is 0.497 e. The number of hydrogen-bond donors (Lipinski definition) is 1. The molecular formula is C32H38ClN3O3. The summed E-state index contributed by atoms with van der Waals surface area (Å²) in [6.45, 7) is 5.52. The summed E-state index contributed by atoms with van der Waals surface area (Å²) in [5, 5.41) is 3.69. The maximum Gasteiger partial charge on any atom is 0.222 e. The highest BCUT2D eigenvalue weighted by Gasteiger charge is 2.27. The monoisotopic (exact) mass is 547 g/mol. The van der Waals surface area contributed by atoms with Crippen LogP contribution in [-0.4, -0.2) is 54.9 Å². The van der Waals surface area contributed by atoms with Crippen molar-refractivity contribution in [3.63, 3.8) is 0 Å². The Balaban J connectivity index is 1.29. The van der Waals surface area contributed by atoms with Gasteiger partial charge in [-0.2, -0.15) is 0 Å². The van der Waals surface area contributed by atoms with Gasteiger partial charge < -0.3 is 15.0 Å². The second-order valence-corrected chi connectivity index (χ2v) is 10.7. The van der Waals surface area contributed by atoms with Crippen molar-refractivity contribution in [1.82, 2.24) is 15.1 Å². The lowest BCUT2D eigenvalue weighted by atomic mass is 9.97. The summed E-state index contributed by atoms with van der Waals surface area (Å²) in [5.74, 6) is 0.838. The first-order valence-electron chi connectivity index (χ1n) is 13.6. The third-order valence-electron chi connectivity index (χ3n) is 7.26. The van der Waals surface area contributed by atoms with Crippen LogP contribution in [0.2, 0.25) is 5.02 Å². The molecule has 1 N–H and O–H groups in total. The van der Waals surface area contributed by atoms with Gasteiger partial charge in [-0.25, -0.2) is 0 Å². The third-order valence-corrected chi connectivity index (χ3v) is 7.51. The first kappa shape index (κ1) is 28.7. The van der Waals surface area contributed by atoms with E-state index in [1.807, 2.05) is 54.3 Å².